The molecule has 10 rings (SSSR count). The third-order valence-electron chi connectivity index (χ3n) is 10.8. The summed E-state index contributed by atoms with van der Waals surface area (Å²) < 4.78 is 6.59. The van der Waals surface area contributed by atoms with Crippen molar-refractivity contribution in [2.24, 2.45) is 0 Å². The molecule has 2 aliphatic rings. The number of rotatable bonds is 5. The summed E-state index contributed by atoms with van der Waals surface area (Å²) >= 11 is 0. The van der Waals surface area contributed by atoms with Gasteiger partial charge in [-0.3, -0.25) is 0 Å². The van der Waals surface area contributed by atoms with Crippen molar-refractivity contribution in [3.05, 3.63) is 193 Å². The van der Waals surface area contributed by atoms with E-state index in [2.05, 4.69) is 200 Å². The van der Waals surface area contributed by atoms with E-state index >= 15 is 0 Å². The summed E-state index contributed by atoms with van der Waals surface area (Å²) in [5, 5.41) is 2.44. The predicted molar refractivity (Wildman–Crippen MR) is 216 cm³/mol. The van der Waals surface area contributed by atoms with Gasteiger partial charge in [0.05, 0.1) is 17.1 Å². The number of anilines is 6. The zero-order valence-corrected chi connectivity index (χ0v) is 29.1. The fourth-order valence-electron chi connectivity index (χ4n) is 8.29. The van der Waals surface area contributed by atoms with Gasteiger partial charge < -0.3 is 14.5 Å². The molecule has 0 N–H and O–H groups in total. The van der Waals surface area contributed by atoms with Crippen molar-refractivity contribution in [3.63, 3.8) is 0 Å². The van der Waals surface area contributed by atoms with Crippen molar-refractivity contribution in [1.82, 2.24) is 0 Å². The van der Waals surface area contributed by atoms with Crippen molar-refractivity contribution in [1.29, 1.82) is 0 Å². The summed E-state index contributed by atoms with van der Waals surface area (Å²) in [6.07, 6.45) is 0. The molecule has 8 aromatic carbocycles. The molecule has 2 aliphatic heterocycles. The maximum Gasteiger partial charge on any atom is 0.151 e. The van der Waals surface area contributed by atoms with E-state index in [0.29, 0.717) is 0 Å². The summed E-state index contributed by atoms with van der Waals surface area (Å²) in [7, 11) is 0. The van der Waals surface area contributed by atoms with Crippen LogP contribution in [0.25, 0.3) is 33.0 Å². The normalized spacial score (nSPS) is 13.5. The van der Waals surface area contributed by atoms with Crippen LogP contribution in [0, 0.1) is 0 Å². The zero-order chi connectivity index (χ0) is 34.8. The van der Waals surface area contributed by atoms with Crippen LogP contribution >= 0.6 is 0 Å². The Balaban J connectivity index is 1.10. The minimum Gasteiger partial charge on any atom is -0.453 e. The van der Waals surface area contributed by atoms with Gasteiger partial charge in [0, 0.05) is 22.5 Å². The number of para-hydroxylation sites is 3. The Labute approximate surface area is 304 Å². The van der Waals surface area contributed by atoms with Gasteiger partial charge in [0.25, 0.3) is 0 Å². The molecule has 0 bridgehead atoms. The fourth-order valence-corrected chi connectivity index (χ4v) is 8.29. The van der Waals surface area contributed by atoms with Crippen LogP contribution in [-0.2, 0) is 5.41 Å². The standard InChI is InChI=1S/C49H36N2O/c1-49(2)42-16-8-9-17-43(42)51-44-18-10-11-19-45(44)52-46-31-30-41(47(49)48(46)51)36-23-27-39(28-24-36)50(40-29-22-34-14-6-7-15-37(34)32-40)38-25-20-35(21-26-38)33-12-4-3-5-13-33/h3-32H,1-2H3. The number of ether oxygens (including phenoxy) is 1. The molecule has 0 amide bonds. The van der Waals surface area contributed by atoms with Gasteiger partial charge in [0.1, 0.15) is 0 Å². The van der Waals surface area contributed by atoms with Crippen molar-refractivity contribution in [2.45, 2.75) is 19.3 Å². The van der Waals surface area contributed by atoms with E-state index in [9.17, 15) is 0 Å². The van der Waals surface area contributed by atoms with Crippen LogP contribution < -0.4 is 14.5 Å². The first-order valence-corrected chi connectivity index (χ1v) is 17.9. The van der Waals surface area contributed by atoms with E-state index in [4.69, 9.17) is 4.74 Å². The second-order valence-electron chi connectivity index (χ2n) is 14.2. The largest absolute Gasteiger partial charge is 0.453 e. The van der Waals surface area contributed by atoms with Gasteiger partial charge in [-0.2, -0.15) is 0 Å². The summed E-state index contributed by atoms with van der Waals surface area (Å²) in [4.78, 5) is 4.76. The van der Waals surface area contributed by atoms with Crippen molar-refractivity contribution < 1.29 is 4.74 Å². The second kappa shape index (κ2) is 11.8. The van der Waals surface area contributed by atoms with Crippen LogP contribution in [-0.4, -0.2) is 0 Å². The molecule has 0 atom stereocenters. The molecule has 0 fully saturated rings. The summed E-state index contributed by atoms with van der Waals surface area (Å²) in [5.41, 5.74) is 13.8. The SMILES string of the molecule is CC1(C)c2ccccc2N2c3ccccc3Oc3ccc(-c4ccc(N(c5ccc(-c6ccccc6)cc5)c5ccc6ccccc6c5)cc4)c1c32. The van der Waals surface area contributed by atoms with Crippen molar-refractivity contribution in [3.8, 4) is 33.8 Å². The molecule has 248 valence electrons. The van der Waals surface area contributed by atoms with Gasteiger partial charge in [-0.05, 0) is 105 Å². The lowest BCUT2D eigenvalue weighted by atomic mass is 9.70. The summed E-state index contributed by atoms with van der Waals surface area (Å²) in [5.74, 6) is 1.76. The number of hydrogen-bond acceptors (Lipinski definition) is 3. The molecule has 0 spiro atoms. The maximum atomic E-state index is 6.59. The van der Waals surface area contributed by atoms with Gasteiger partial charge in [0.2, 0.25) is 0 Å². The van der Waals surface area contributed by atoms with E-state index in [-0.39, 0.29) is 5.41 Å². The lowest BCUT2D eigenvalue weighted by molar-refractivity contribution is 0.471. The Hall–Kier alpha value is -6.58. The van der Waals surface area contributed by atoms with E-state index in [1.54, 1.807) is 0 Å². The lowest BCUT2D eigenvalue weighted by Gasteiger charge is -2.45. The lowest BCUT2D eigenvalue weighted by Crippen LogP contribution is -2.33. The van der Waals surface area contributed by atoms with Gasteiger partial charge in [0.15, 0.2) is 11.5 Å². The highest BCUT2D eigenvalue weighted by Crippen LogP contribution is 2.61. The average Bonchev–Trinajstić information content (AvgIpc) is 3.20. The molecular weight excluding hydrogens is 633 g/mol. The van der Waals surface area contributed by atoms with Gasteiger partial charge >= 0.3 is 0 Å². The summed E-state index contributed by atoms with van der Waals surface area (Å²) in [6.45, 7) is 4.69. The monoisotopic (exact) mass is 668 g/mol. The molecule has 8 aromatic rings. The first-order chi connectivity index (χ1) is 25.5. The molecule has 2 heterocycles. The maximum absolute atomic E-state index is 6.59. The second-order valence-corrected chi connectivity index (χ2v) is 14.2. The quantitative estimate of drug-likeness (QED) is 0.182. The molecule has 0 saturated carbocycles. The molecule has 3 heteroatoms. The van der Waals surface area contributed by atoms with Crippen LogP contribution in [0.15, 0.2) is 182 Å². The van der Waals surface area contributed by atoms with E-state index in [1.807, 2.05) is 6.07 Å². The highest BCUT2D eigenvalue weighted by Gasteiger charge is 2.43. The third kappa shape index (κ3) is 4.74. The Morgan fingerprint density at radius 2 is 1.06 bits per heavy atom. The van der Waals surface area contributed by atoms with E-state index < -0.39 is 0 Å². The molecular formula is C49H36N2O. The molecule has 0 aromatic heterocycles. The topological polar surface area (TPSA) is 15.7 Å². The smallest absolute Gasteiger partial charge is 0.151 e. The van der Waals surface area contributed by atoms with Crippen LogP contribution in [0.3, 0.4) is 0 Å². The highest BCUT2D eigenvalue weighted by molar-refractivity contribution is 5.97. The predicted octanol–water partition coefficient (Wildman–Crippen LogP) is 13.9. The highest BCUT2D eigenvalue weighted by atomic mass is 16.5. The first-order valence-electron chi connectivity index (χ1n) is 17.9. The van der Waals surface area contributed by atoms with E-state index in [1.165, 1.54) is 49.8 Å². The van der Waals surface area contributed by atoms with E-state index in [0.717, 1.165) is 39.9 Å². The minimum atomic E-state index is -0.264. The van der Waals surface area contributed by atoms with Crippen molar-refractivity contribution >= 4 is 44.9 Å². The fraction of sp³-hybridized carbons (Fsp3) is 0.0612. The molecule has 0 unspecified atom stereocenters. The van der Waals surface area contributed by atoms with Gasteiger partial charge in [-0.25, -0.2) is 0 Å². The number of hydrogen-bond donors (Lipinski definition) is 0. The van der Waals surface area contributed by atoms with Gasteiger partial charge in [-0.1, -0.05) is 135 Å². The Morgan fingerprint density at radius 3 is 1.83 bits per heavy atom. The first kappa shape index (κ1) is 30.3. The minimum absolute atomic E-state index is 0.264. The zero-order valence-electron chi connectivity index (χ0n) is 29.1. The average molecular weight is 669 g/mol. The number of fused-ring (bicyclic) bond motifs is 5. The summed E-state index contributed by atoms with van der Waals surface area (Å²) in [6, 6.07) is 65.4. The Kier molecular flexibility index (Phi) is 6.84. The molecule has 52 heavy (non-hydrogen) atoms. The molecule has 3 nitrogen and oxygen atoms in total. The number of nitrogens with zero attached hydrogens (tertiary/aromatic N) is 2. The number of benzene rings is 8. The van der Waals surface area contributed by atoms with Crippen LogP contribution in [0.2, 0.25) is 0 Å². The molecule has 0 aliphatic carbocycles. The van der Waals surface area contributed by atoms with Gasteiger partial charge in [-0.15, -0.1) is 0 Å². The Bertz CT molecular complexity index is 2620. The van der Waals surface area contributed by atoms with Crippen LogP contribution in [0.5, 0.6) is 11.5 Å². The Morgan fingerprint density at radius 1 is 0.462 bits per heavy atom. The molecule has 0 saturated heterocycles. The third-order valence-corrected chi connectivity index (χ3v) is 10.8. The van der Waals surface area contributed by atoms with Crippen LogP contribution in [0.4, 0.5) is 34.1 Å². The molecule has 0 radical (unpaired) electrons. The van der Waals surface area contributed by atoms with Crippen LogP contribution in [0.1, 0.15) is 25.0 Å². The van der Waals surface area contributed by atoms with Crippen molar-refractivity contribution in [2.75, 3.05) is 9.80 Å².